The van der Waals surface area contributed by atoms with Gasteiger partial charge in [-0.05, 0) is 79.3 Å². The number of nitrogens with one attached hydrogen (secondary N) is 2. The number of carbonyl (C=O) groups is 1. The second-order valence-corrected chi connectivity index (χ2v) is 10.2. The van der Waals surface area contributed by atoms with E-state index in [1.54, 1.807) is 6.92 Å². The molecule has 1 aliphatic rings. The van der Waals surface area contributed by atoms with E-state index in [4.69, 9.17) is 0 Å². The minimum absolute atomic E-state index is 0.0346. The Hall–Kier alpha value is -4.65. The molecule has 1 saturated heterocycles. The molecule has 0 spiro atoms. The van der Waals surface area contributed by atoms with Crippen LogP contribution >= 0.6 is 0 Å². The molecule has 0 radical (unpaired) electrons. The highest BCUT2D eigenvalue weighted by Gasteiger charge is 2.38. The number of aryl methyl sites for hydroxylation is 1. The van der Waals surface area contributed by atoms with Crippen molar-refractivity contribution in [1.82, 2.24) is 15.2 Å². The first-order valence-electron chi connectivity index (χ1n) is 13.3. The zero-order valence-electron chi connectivity index (χ0n) is 23.1. The molecule has 0 saturated carbocycles. The number of pyridine rings is 1. The summed E-state index contributed by atoms with van der Waals surface area (Å²) < 4.78 is 93.4. The summed E-state index contributed by atoms with van der Waals surface area (Å²) in [6.45, 7) is 1.46. The summed E-state index contributed by atoms with van der Waals surface area (Å²) in [5.74, 6) is -0.505. The van der Waals surface area contributed by atoms with Gasteiger partial charge in [0.2, 0.25) is 5.56 Å². The Labute approximate surface area is 246 Å². The number of piperidine rings is 1. The molecule has 3 aromatic rings. The molecule has 2 N–H and O–H groups in total. The normalized spacial score (nSPS) is 17.1. The van der Waals surface area contributed by atoms with Crippen molar-refractivity contribution in [2.24, 2.45) is 5.10 Å². The van der Waals surface area contributed by atoms with Crippen LogP contribution in [0.4, 0.5) is 41.2 Å². The standard InChI is InChI=1S/C29H26F7N5O3/c1-17-10-21(30)2-4-24(17)25-14-22(41(39-16-42)23-3-5-26(43)38-15-23)7-9-40(25)27(44)37-8-6-18-11-19(28(31,32)33)13-20(12-18)29(34,35)36/h2-5,10-13,15,22,25H,6-9,14H2,1H3,(H,37,44)(H,38,43)/t22-,25+/m0/s1. The largest absolute Gasteiger partial charge is 0.416 e. The van der Waals surface area contributed by atoms with Crippen molar-refractivity contribution in [1.29, 1.82) is 0 Å². The van der Waals surface area contributed by atoms with E-state index in [2.05, 4.69) is 15.4 Å². The van der Waals surface area contributed by atoms with Gasteiger partial charge in [0.25, 0.3) is 6.08 Å². The van der Waals surface area contributed by atoms with Crippen molar-refractivity contribution < 1.29 is 40.3 Å². The number of hydrazone groups is 1. The molecule has 2 heterocycles. The van der Waals surface area contributed by atoms with Gasteiger partial charge in [-0.2, -0.15) is 26.3 Å². The summed E-state index contributed by atoms with van der Waals surface area (Å²) >= 11 is 0. The van der Waals surface area contributed by atoms with Crippen molar-refractivity contribution in [2.75, 3.05) is 18.1 Å². The zero-order valence-corrected chi connectivity index (χ0v) is 23.1. The number of nitrogens with zero attached hydrogens (tertiary/aromatic N) is 3. The molecule has 2 amide bonds. The van der Waals surface area contributed by atoms with Crippen molar-refractivity contribution in [3.05, 3.63) is 98.7 Å². The van der Waals surface area contributed by atoms with E-state index in [0.29, 0.717) is 28.9 Å². The van der Waals surface area contributed by atoms with Crippen molar-refractivity contribution in [3.63, 3.8) is 0 Å². The Morgan fingerprint density at radius 3 is 2.32 bits per heavy atom. The first kappa shape index (κ1) is 32.3. The summed E-state index contributed by atoms with van der Waals surface area (Å²) in [6.07, 6.45) is -7.01. The van der Waals surface area contributed by atoms with Crippen LogP contribution in [0.5, 0.6) is 0 Å². The molecule has 2 aromatic carbocycles. The number of aromatic nitrogens is 1. The Morgan fingerprint density at radius 2 is 1.75 bits per heavy atom. The number of isocyanates is 1. The number of carbonyl (C=O) groups excluding carboxylic acids is 2. The minimum atomic E-state index is -5.00. The number of aromatic amines is 1. The van der Waals surface area contributed by atoms with Crippen molar-refractivity contribution in [2.45, 2.75) is 50.6 Å². The van der Waals surface area contributed by atoms with Gasteiger partial charge in [-0.25, -0.2) is 19.0 Å². The summed E-state index contributed by atoms with van der Waals surface area (Å²) in [7, 11) is 0. The van der Waals surface area contributed by atoms with E-state index in [0.717, 1.165) is 0 Å². The third kappa shape index (κ3) is 7.64. The molecule has 1 aromatic heterocycles. The van der Waals surface area contributed by atoms with Gasteiger partial charge in [0.15, 0.2) is 0 Å². The average Bonchev–Trinajstić information content (AvgIpc) is 2.95. The van der Waals surface area contributed by atoms with Gasteiger partial charge in [-0.15, -0.1) is 0 Å². The fraction of sp³-hybridized carbons (Fsp3) is 0.345. The van der Waals surface area contributed by atoms with Crippen LogP contribution in [-0.4, -0.2) is 41.1 Å². The van der Waals surface area contributed by atoms with Gasteiger partial charge in [-0.1, -0.05) is 11.2 Å². The summed E-state index contributed by atoms with van der Waals surface area (Å²) in [6, 6.07) is 6.14. The number of urea groups is 1. The Morgan fingerprint density at radius 1 is 1.07 bits per heavy atom. The number of alkyl halides is 6. The smallest absolute Gasteiger partial charge is 0.338 e. The average molecular weight is 626 g/mol. The third-order valence-electron chi connectivity index (χ3n) is 7.29. The number of H-pyrrole nitrogens is 1. The van der Waals surface area contributed by atoms with Crippen molar-refractivity contribution >= 4 is 17.8 Å². The lowest BCUT2D eigenvalue weighted by Crippen LogP contribution is -2.50. The maximum atomic E-state index is 13.9. The number of hydrogen-bond acceptors (Lipinski definition) is 5. The van der Waals surface area contributed by atoms with Crippen LogP contribution in [0, 0.1) is 12.7 Å². The first-order chi connectivity index (χ1) is 20.7. The predicted molar refractivity (Wildman–Crippen MR) is 145 cm³/mol. The highest BCUT2D eigenvalue weighted by molar-refractivity contribution is 5.75. The van der Waals surface area contributed by atoms with Gasteiger partial charge in [0.05, 0.1) is 28.9 Å². The number of benzene rings is 2. The number of likely N-dealkylation sites (tertiary alicyclic amines) is 1. The molecule has 1 fully saturated rings. The topological polar surface area (TPSA) is 97.9 Å². The highest BCUT2D eigenvalue weighted by atomic mass is 19.4. The van der Waals surface area contributed by atoms with Crippen LogP contribution in [0.15, 0.2) is 64.6 Å². The van der Waals surface area contributed by atoms with Crippen LogP contribution in [0.2, 0.25) is 0 Å². The summed E-state index contributed by atoms with van der Waals surface area (Å²) in [5.41, 5.74) is -2.07. The van der Waals surface area contributed by atoms with Gasteiger partial charge in [-0.3, -0.25) is 4.79 Å². The number of rotatable bonds is 7. The van der Waals surface area contributed by atoms with E-state index in [1.165, 1.54) is 52.5 Å². The van der Waals surface area contributed by atoms with E-state index >= 15 is 0 Å². The molecule has 1 aliphatic heterocycles. The molecule has 2 atom stereocenters. The van der Waals surface area contributed by atoms with Crippen LogP contribution in [0.25, 0.3) is 0 Å². The summed E-state index contributed by atoms with van der Waals surface area (Å²) in [5, 5.41) is 7.70. The second-order valence-electron chi connectivity index (χ2n) is 10.2. The van der Waals surface area contributed by atoms with Gasteiger partial charge >= 0.3 is 18.4 Å². The highest BCUT2D eigenvalue weighted by Crippen LogP contribution is 2.38. The molecule has 15 heteroatoms. The molecular formula is C29H26F7N5O3. The molecule has 234 valence electrons. The quantitative estimate of drug-likeness (QED) is 0.144. The van der Waals surface area contributed by atoms with Crippen LogP contribution in [-0.2, 0) is 23.6 Å². The SMILES string of the molecule is Cc1cc(F)ccc1[C@H]1C[C@@H](N(N=C=O)c2ccc(=O)[nH]c2)CCN1C(=O)NCCc1cc(C(F)(F)F)cc(C(F)(F)F)c1. The number of amides is 2. The molecular weight excluding hydrogens is 599 g/mol. The molecule has 4 rings (SSSR count). The van der Waals surface area contributed by atoms with Crippen LogP contribution in [0.1, 0.15) is 46.7 Å². The van der Waals surface area contributed by atoms with E-state index in [9.17, 15) is 45.1 Å². The molecule has 0 aliphatic carbocycles. The van der Waals surface area contributed by atoms with Gasteiger partial charge in [0, 0.05) is 25.4 Å². The second kappa shape index (κ2) is 12.9. The monoisotopic (exact) mass is 625 g/mol. The predicted octanol–water partition coefficient (Wildman–Crippen LogP) is 6.08. The lowest BCUT2D eigenvalue weighted by molar-refractivity contribution is -0.143. The molecule has 0 bridgehead atoms. The fourth-order valence-electron chi connectivity index (χ4n) is 5.24. The molecule has 8 nitrogen and oxygen atoms in total. The van der Waals surface area contributed by atoms with Gasteiger partial charge < -0.3 is 15.2 Å². The fourth-order valence-corrected chi connectivity index (χ4v) is 5.24. The van der Waals surface area contributed by atoms with Crippen LogP contribution < -0.4 is 15.9 Å². The number of halogens is 7. The van der Waals surface area contributed by atoms with E-state index in [1.807, 2.05) is 0 Å². The maximum absolute atomic E-state index is 13.9. The van der Waals surface area contributed by atoms with Gasteiger partial charge in [0.1, 0.15) is 5.82 Å². The Bertz CT molecular complexity index is 1560. The number of anilines is 1. The third-order valence-corrected chi connectivity index (χ3v) is 7.29. The Balaban J connectivity index is 1.56. The number of hydrogen-bond donors (Lipinski definition) is 2. The van der Waals surface area contributed by atoms with Crippen molar-refractivity contribution in [3.8, 4) is 0 Å². The minimum Gasteiger partial charge on any atom is -0.338 e. The van der Waals surface area contributed by atoms with E-state index in [-0.39, 0.29) is 49.5 Å². The lowest BCUT2D eigenvalue weighted by atomic mass is 9.89. The molecule has 44 heavy (non-hydrogen) atoms. The molecule has 0 unspecified atom stereocenters. The Kier molecular flexibility index (Phi) is 9.47. The summed E-state index contributed by atoms with van der Waals surface area (Å²) in [4.78, 5) is 40.1. The van der Waals surface area contributed by atoms with E-state index < -0.39 is 47.4 Å². The van der Waals surface area contributed by atoms with Crippen LogP contribution in [0.3, 0.4) is 0 Å². The lowest BCUT2D eigenvalue weighted by Gasteiger charge is -2.42. The zero-order chi connectivity index (χ0) is 32.2. The first-order valence-corrected chi connectivity index (χ1v) is 13.3. The maximum Gasteiger partial charge on any atom is 0.416 e.